The molecule has 0 unspecified atom stereocenters. The molecule has 1 aromatic carbocycles. The fraction of sp³-hybridized carbons (Fsp3) is 0.579. The predicted octanol–water partition coefficient (Wildman–Crippen LogP) is 5.42. The summed E-state index contributed by atoms with van der Waals surface area (Å²) in [5.74, 6) is 0. The van der Waals surface area contributed by atoms with Crippen molar-refractivity contribution in [2.24, 2.45) is 0 Å². The molecule has 1 rings (SSSR count). The van der Waals surface area contributed by atoms with Crippen molar-refractivity contribution in [1.82, 2.24) is 0 Å². The van der Waals surface area contributed by atoms with Gasteiger partial charge in [-0.2, -0.15) is 0 Å². The molecule has 0 heterocycles. The molecule has 0 radical (unpaired) electrons. The SMILES string of the molecule is CCCCCC/C=C\CCCCc1cccc(CO)c1. The van der Waals surface area contributed by atoms with Crippen LogP contribution in [0.2, 0.25) is 0 Å². The molecule has 0 aliphatic rings. The first-order chi connectivity index (χ1) is 9.86. The number of aryl methyl sites for hydroxylation is 1. The number of benzene rings is 1. The quantitative estimate of drug-likeness (QED) is 0.422. The molecule has 0 aliphatic heterocycles. The van der Waals surface area contributed by atoms with Gasteiger partial charge in [-0.05, 0) is 49.7 Å². The van der Waals surface area contributed by atoms with E-state index in [-0.39, 0.29) is 6.61 Å². The van der Waals surface area contributed by atoms with Gasteiger partial charge < -0.3 is 5.11 Å². The zero-order valence-corrected chi connectivity index (χ0v) is 13.0. The van der Waals surface area contributed by atoms with Crippen molar-refractivity contribution in [3.63, 3.8) is 0 Å². The number of hydrogen-bond acceptors (Lipinski definition) is 1. The van der Waals surface area contributed by atoms with Crippen molar-refractivity contribution in [3.8, 4) is 0 Å². The van der Waals surface area contributed by atoms with Gasteiger partial charge in [0.2, 0.25) is 0 Å². The van der Waals surface area contributed by atoms with Gasteiger partial charge in [0.15, 0.2) is 0 Å². The lowest BCUT2D eigenvalue weighted by molar-refractivity contribution is 0.281. The summed E-state index contributed by atoms with van der Waals surface area (Å²) in [7, 11) is 0. The van der Waals surface area contributed by atoms with E-state index in [1.165, 1.54) is 56.9 Å². The van der Waals surface area contributed by atoms with Crippen molar-refractivity contribution >= 4 is 0 Å². The Morgan fingerprint density at radius 2 is 1.60 bits per heavy atom. The Hall–Kier alpha value is -1.08. The van der Waals surface area contributed by atoms with E-state index in [0.717, 1.165) is 12.0 Å². The molecule has 0 fully saturated rings. The molecule has 0 bridgehead atoms. The van der Waals surface area contributed by atoms with Crippen LogP contribution < -0.4 is 0 Å². The average Bonchev–Trinajstić information content (AvgIpc) is 2.49. The Labute approximate surface area is 124 Å². The van der Waals surface area contributed by atoms with Gasteiger partial charge in [-0.25, -0.2) is 0 Å². The topological polar surface area (TPSA) is 20.2 Å². The normalized spacial score (nSPS) is 11.3. The number of unbranched alkanes of at least 4 members (excludes halogenated alkanes) is 6. The van der Waals surface area contributed by atoms with Crippen LogP contribution >= 0.6 is 0 Å². The molecule has 20 heavy (non-hydrogen) atoms. The predicted molar refractivity (Wildman–Crippen MR) is 87.8 cm³/mol. The summed E-state index contributed by atoms with van der Waals surface area (Å²) in [4.78, 5) is 0. The molecule has 0 spiro atoms. The summed E-state index contributed by atoms with van der Waals surface area (Å²) in [6, 6.07) is 8.29. The number of rotatable bonds is 11. The molecule has 1 nitrogen and oxygen atoms in total. The molecule has 0 saturated heterocycles. The summed E-state index contributed by atoms with van der Waals surface area (Å²) in [6.07, 6.45) is 16.2. The molecule has 112 valence electrons. The molecule has 0 aliphatic carbocycles. The molecule has 0 atom stereocenters. The van der Waals surface area contributed by atoms with Gasteiger partial charge in [0, 0.05) is 0 Å². The minimum absolute atomic E-state index is 0.147. The second-order valence-electron chi connectivity index (χ2n) is 5.54. The molecule has 0 saturated carbocycles. The lowest BCUT2D eigenvalue weighted by atomic mass is 10.0. The van der Waals surface area contributed by atoms with E-state index >= 15 is 0 Å². The van der Waals surface area contributed by atoms with E-state index in [4.69, 9.17) is 5.11 Å². The summed E-state index contributed by atoms with van der Waals surface area (Å²) in [5, 5.41) is 9.10. The average molecular weight is 274 g/mol. The first kappa shape index (κ1) is 17.0. The van der Waals surface area contributed by atoms with Crippen LogP contribution in [-0.4, -0.2) is 5.11 Å². The highest BCUT2D eigenvalue weighted by Crippen LogP contribution is 2.10. The van der Waals surface area contributed by atoms with E-state index < -0.39 is 0 Å². The molecular formula is C19H30O. The number of hydrogen-bond donors (Lipinski definition) is 1. The third-order valence-electron chi connectivity index (χ3n) is 3.65. The Balaban J connectivity index is 2.02. The van der Waals surface area contributed by atoms with Crippen molar-refractivity contribution in [2.75, 3.05) is 0 Å². The van der Waals surface area contributed by atoms with Crippen molar-refractivity contribution in [3.05, 3.63) is 47.5 Å². The van der Waals surface area contributed by atoms with Gasteiger partial charge in [0.25, 0.3) is 0 Å². The number of aliphatic hydroxyl groups excluding tert-OH is 1. The van der Waals surface area contributed by atoms with Crippen LogP contribution in [-0.2, 0) is 13.0 Å². The molecule has 0 aromatic heterocycles. The minimum atomic E-state index is 0.147. The number of allylic oxidation sites excluding steroid dienone is 2. The molecular weight excluding hydrogens is 244 g/mol. The zero-order chi connectivity index (χ0) is 14.5. The van der Waals surface area contributed by atoms with Crippen LogP contribution in [0, 0.1) is 0 Å². The van der Waals surface area contributed by atoms with Gasteiger partial charge >= 0.3 is 0 Å². The van der Waals surface area contributed by atoms with Crippen LogP contribution in [0.5, 0.6) is 0 Å². The van der Waals surface area contributed by atoms with Crippen LogP contribution in [0.15, 0.2) is 36.4 Å². The first-order valence-electron chi connectivity index (χ1n) is 8.20. The smallest absolute Gasteiger partial charge is 0.0681 e. The Kier molecular flexibility index (Phi) is 9.95. The lowest BCUT2D eigenvalue weighted by Crippen LogP contribution is -1.89. The largest absolute Gasteiger partial charge is 0.392 e. The van der Waals surface area contributed by atoms with Gasteiger partial charge in [-0.1, -0.05) is 62.6 Å². The van der Waals surface area contributed by atoms with Crippen LogP contribution in [0.1, 0.15) is 69.4 Å². The van der Waals surface area contributed by atoms with E-state index in [1.807, 2.05) is 12.1 Å². The van der Waals surface area contributed by atoms with E-state index in [9.17, 15) is 0 Å². The Bertz CT molecular complexity index is 368. The van der Waals surface area contributed by atoms with E-state index in [2.05, 4.69) is 31.2 Å². The Morgan fingerprint density at radius 3 is 2.30 bits per heavy atom. The third-order valence-corrected chi connectivity index (χ3v) is 3.65. The van der Waals surface area contributed by atoms with Crippen molar-refractivity contribution in [1.29, 1.82) is 0 Å². The monoisotopic (exact) mass is 274 g/mol. The summed E-state index contributed by atoms with van der Waals surface area (Å²) >= 11 is 0. The van der Waals surface area contributed by atoms with Crippen molar-refractivity contribution in [2.45, 2.75) is 71.3 Å². The van der Waals surface area contributed by atoms with Crippen LogP contribution in [0.3, 0.4) is 0 Å². The minimum Gasteiger partial charge on any atom is -0.392 e. The third kappa shape index (κ3) is 8.16. The highest BCUT2D eigenvalue weighted by molar-refractivity contribution is 5.22. The maximum Gasteiger partial charge on any atom is 0.0681 e. The fourth-order valence-electron chi connectivity index (χ4n) is 2.40. The highest BCUT2D eigenvalue weighted by Gasteiger charge is 1.95. The second kappa shape index (κ2) is 11.7. The van der Waals surface area contributed by atoms with E-state index in [1.54, 1.807) is 0 Å². The molecule has 0 amide bonds. The van der Waals surface area contributed by atoms with Gasteiger partial charge in [-0.15, -0.1) is 0 Å². The van der Waals surface area contributed by atoms with Crippen LogP contribution in [0.4, 0.5) is 0 Å². The molecule has 1 heteroatoms. The molecule has 1 aromatic rings. The van der Waals surface area contributed by atoms with Gasteiger partial charge in [0.05, 0.1) is 6.61 Å². The highest BCUT2D eigenvalue weighted by atomic mass is 16.3. The standard InChI is InChI=1S/C19H30O/c1-2-3-4-5-6-7-8-9-10-11-13-18-14-12-15-19(16-18)17-20/h7-8,12,14-16,20H,2-6,9-11,13,17H2,1H3/b8-7-. The Morgan fingerprint density at radius 1 is 0.900 bits per heavy atom. The maximum atomic E-state index is 9.10. The zero-order valence-electron chi connectivity index (χ0n) is 13.0. The van der Waals surface area contributed by atoms with Crippen LogP contribution in [0.25, 0.3) is 0 Å². The fourth-order valence-corrected chi connectivity index (χ4v) is 2.40. The summed E-state index contributed by atoms with van der Waals surface area (Å²) < 4.78 is 0. The van der Waals surface area contributed by atoms with Gasteiger partial charge in [0.1, 0.15) is 0 Å². The van der Waals surface area contributed by atoms with E-state index in [0.29, 0.717) is 0 Å². The first-order valence-corrected chi connectivity index (χ1v) is 8.20. The van der Waals surface area contributed by atoms with Crippen molar-refractivity contribution < 1.29 is 5.11 Å². The van der Waals surface area contributed by atoms with Gasteiger partial charge in [-0.3, -0.25) is 0 Å². The molecule has 1 N–H and O–H groups in total. The maximum absolute atomic E-state index is 9.10. The summed E-state index contributed by atoms with van der Waals surface area (Å²) in [6.45, 7) is 2.40. The lowest BCUT2D eigenvalue weighted by Gasteiger charge is -2.02. The number of aliphatic hydroxyl groups is 1. The second-order valence-corrected chi connectivity index (χ2v) is 5.54. The summed E-state index contributed by atoms with van der Waals surface area (Å²) in [5.41, 5.74) is 2.37.